The smallest absolute Gasteiger partial charge is 0.159 e. The molecule has 0 radical (unpaired) electrons. The molecule has 7 nitrogen and oxygen atoms in total. The first-order chi connectivity index (χ1) is 14.3. The summed E-state index contributed by atoms with van der Waals surface area (Å²) in [6.45, 7) is 4.31. The highest BCUT2D eigenvalue weighted by molar-refractivity contribution is 5.94. The Bertz CT molecular complexity index is 1130. The Morgan fingerprint density at radius 1 is 1.03 bits per heavy atom. The highest BCUT2D eigenvalue weighted by atomic mass is 16.5. The summed E-state index contributed by atoms with van der Waals surface area (Å²) in [5.41, 5.74) is 3.56. The van der Waals surface area contributed by atoms with Crippen molar-refractivity contribution >= 4 is 21.9 Å². The minimum atomic E-state index is 0.727. The molecular formula is C22H25N5O2. The number of H-pyrrole nitrogens is 2. The van der Waals surface area contributed by atoms with Gasteiger partial charge in [0.25, 0.3) is 0 Å². The van der Waals surface area contributed by atoms with Crippen molar-refractivity contribution < 1.29 is 9.47 Å². The minimum absolute atomic E-state index is 0.727. The normalized spacial score (nSPS) is 14.8. The number of methoxy groups -OCH3 is 1. The van der Waals surface area contributed by atoms with E-state index in [1.54, 1.807) is 7.11 Å². The second kappa shape index (κ2) is 7.75. The van der Waals surface area contributed by atoms with Gasteiger partial charge >= 0.3 is 0 Å². The van der Waals surface area contributed by atoms with Crippen molar-refractivity contribution in [2.24, 2.45) is 0 Å². The number of hydrogen-bond acceptors (Lipinski definition) is 5. The molecule has 0 bridgehead atoms. The van der Waals surface area contributed by atoms with Crippen molar-refractivity contribution in [2.45, 2.75) is 19.3 Å². The number of fused-ring (bicyclic) bond motifs is 2. The van der Waals surface area contributed by atoms with E-state index in [0.717, 1.165) is 64.5 Å². The molecule has 5 rings (SSSR count). The number of likely N-dealkylation sites (tertiary alicyclic amines) is 1. The van der Waals surface area contributed by atoms with Crippen LogP contribution in [0.5, 0.6) is 11.5 Å². The Balaban J connectivity index is 1.33. The van der Waals surface area contributed by atoms with Crippen LogP contribution in [0.4, 0.5) is 0 Å². The molecule has 150 valence electrons. The van der Waals surface area contributed by atoms with Gasteiger partial charge in [0.2, 0.25) is 0 Å². The third-order valence-electron chi connectivity index (χ3n) is 5.53. The van der Waals surface area contributed by atoms with Crippen LogP contribution in [0, 0.1) is 0 Å². The Kier molecular flexibility index (Phi) is 4.81. The van der Waals surface area contributed by atoms with Crippen molar-refractivity contribution in [3.63, 3.8) is 0 Å². The fourth-order valence-electron chi connectivity index (χ4n) is 3.98. The molecule has 2 N–H and O–H groups in total. The second-order valence-corrected chi connectivity index (χ2v) is 7.50. The minimum Gasteiger partial charge on any atom is -0.497 e. The van der Waals surface area contributed by atoms with Gasteiger partial charge in [0.05, 0.1) is 30.3 Å². The van der Waals surface area contributed by atoms with Crippen LogP contribution in [0.15, 0.2) is 36.4 Å². The van der Waals surface area contributed by atoms with E-state index < -0.39 is 0 Å². The number of nitrogens with one attached hydrogen (secondary N) is 2. The molecule has 0 amide bonds. The molecule has 2 aromatic carbocycles. The molecular weight excluding hydrogens is 366 g/mol. The molecule has 4 aromatic rings. The SMILES string of the molecule is COc1ccc2[nH]nc(-c3nc4ccc(OCCCN5CCCC5)cc4[nH]3)c2c1. The van der Waals surface area contributed by atoms with Crippen LogP contribution < -0.4 is 9.47 Å². The zero-order valence-electron chi connectivity index (χ0n) is 16.6. The van der Waals surface area contributed by atoms with Gasteiger partial charge in [0, 0.05) is 18.0 Å². The molecule has 1 aliphatic heterocycles. The quantitative estimate of drug-likeness (QED) is 0.466. The molecule has 2 aromatic heterocycles. The van der Waals surface area contributed by atoms with E-state index in [-0.39, 0.29) is 0 Å². The summed E-state index contributed by atoms with van der Waals surface area (Å²) in [5.74, 6) is 2.38. The predicted octanol–water partition coefficient (Wildman–Crippen LogP) is 3.98. The van der Waals surface area contributed by atoms with E-state index in [4.69, 9.17) is 14.5 Å². The van der Waals surface area contributed by atoms with E-state index in [0.29, 0.717) is 0 Å². The summed E-state index contributed by atoms with van der Waals surface area (Å²) >= 11 is 0. The van der Waals surface area contributed by atoms with E-state index in [9.17, 15) is 0 Å². The van der Waals surface area contributed by atoms with Crippen molar-refractivity contribution in [3.8, 4) is 23.0 Å². The Morgan fingerprint density at radius 3 is 2.76 bits per heavy atom. The zero-order valence-corrected chi connectivity index (χ0v) is 16.6. The van der Waals surface area contributed by atoms with Gasteiger partial charge in [-0.05, 0) is 62.7 Å². The predicted molar refractivity (Wildman–Crippen MR) is 114 cm³/mol. The largest absolute Gasteiger partial charge is 0.497 e. The van der Waals surface area contributed by atoms with Gasteiger partial charge < -0.3 is 19.4 Å². The van der Waals surface area contributed by atoms with Crippen LogP contribution >= 0.6 is 0 Å². The highest BCUT2D eigenvalue weighted by Crippen LogP contribution is 2.29. The van der Waals surface area contributed by atoms with Gasteiger partial charge in [0.1, 0.15) is 17.2 Å². The Morgan fingerprint density at radius 2 is 1.90 bits per heavy atom. The van der Waals surface area contributed by atoms with E-state index in [1.165, 1.54) is 25.9 Å². The third kappa shape index (κ3) is 3.65. The number of rotatable bonds is 7. The van der Waals surface area contributed by atoms with Gasteiger partial charge in [-0.2, -0.15) is 5.10 Å². The first-order valence-corrected chi connectivity index (χ1v) is 10.2. The van der Waals surface area contributed by atoms with E-state index in [1.807, 2.05) is 36.4 Å². The topological polar surface area (TPSA) is 79.1 Å². The van der Waals surface area contributed by atoms with E-state index in [2.05, 4.69) is 20.1 Å². The van der Waals surface area contributed by atoms with Crippen LogP contribution in [-0.4, -0.2) is 58.4 Å². The lowest BCUT2D eigenvalue weighted by molar-refractivity contribution is 0.263. The zero-order chi connectivity index (χ0) is 19.6. The second-order valence-electron chi connectivity index (χ2n) is 7.50. The summed E-state index contributed by atoms with van der Waals surface area (Å²) in [6.07, 6.45) is 3.71. The first kappa shape index (κ1) is 18.0. The molecule has 0 atom stereocenters. The maximum atomic E-state index is 5.96. The van der Waals surface area contributed by atoms with Crippen LogP contribution in [0.3, 0.4) is 0 Å². The summed E-state index contributed by atoms with van der Waals surface area (Å²) < 4.78 is 11.3. The molecule has 29 heavy (non-hydrogen) atoms. The number of imidazole rings is 1. The monoisotopic (exact) mass is 391 g/mol. The fraction of sp³-hybridized carbons (Fsp3) is 0.364. The third-order valence-corrected chi connectivity index (χ3v) is 5.53. The maximum Gasteiger partial charge on any atom is 0.159 e. The number of hydrogen-bond donors (Lipinski definition) is 2. The van der Waals surface area contributed by atoms with Crippen molar-refractivity contribution in [1.82, 2.24) is 25.1 Å². The number of benzene rings is 2. The number of ether oxygens (including phenoxy) is 2. The van der Waals surface area contributed by atoms with E-state index >= 15 is 0 Å². The Labute approximate surface area is 169 Å². The molecule has 0 unspecified atom stereocenters. The molecule has 1 aliphatic rings. The highest BCUT2D eigenvalue weighted by Gasteiger charge is 2.14. The van der Waals surface area contributed by atoms with Gasteiger partial charge in [-0.1, -0.05) is 0 Å². The van der Waals surface area contributed by atoms with Crippen LogP contribution in [-0.2, 0) is 0 Å². The summed E-state index contributed by atoms with van der Waals surface area (Å²) in [7, 11) is 1.66. The lowest BCUT2D eigenvalue weighted by Crippen LogP contribution is -2.21. The van der Waals surface area contributed by atoms with Gasteiger partial charge in [-0.3, -0.25) is 5.10 Å². The lowest BCUT2D eigenvalue weighted by Gasteiger charge is -2.14. The first-order valence-electron chi connectivity index (χ1n) is 10.2. The summed E-state index contributed by atoms with van der Waals surface area (Å²) in [5, 5.41) is 8.48. The van der Waals surface area contributed by atoms with Crippen LogP contribution in [0.25, 0.3) is 33.5 Å². The Hall–Kier alpha value is -3.06. The molecule has 0 spiro atoms. The van der Waals surface area contributed by atoms with Crippen molar-refractivity contribution in [3.05, 3.63) is 36.4 Å². The van der Waals surface area contributed by atoms with Gasteiger partial charge in [-0.25, -0.2) is 4.98 Å². The van der Waals surface area contributed by atoms with Crippen LogP contribution in [0.2, 0.25) is 0 Å². The lowest BCUT2D eigenvalue weighted by atomic mass is 10.2. The molecule has 0 aliphatic carbocycles. The summed E-state index contributed by atoms with van der Waals surface area (Å²) in [6, 6.07) is 11.8. The fourth-order valence-corrected chi connectivity index (χ4v) is 3.98. The molecule has 0 saturated carbocycles. The van der Waals surface area contributed by atoms with Crippen molar-refractivity contribution in [1.29, 1.82) is 0 Å². The number of nitrogens with zero attached hydrogens (tertiary/aromatic N) is 3. The van der Waals surface area contributed by atoms with Gasteiger partial charge in [-0.15, -0.1) is 0 Å². The molecule has 1 saturated heterocycles. The molecule has 7 heteroatoms. The van der Waals surface area contributed by atoms with Crippen molar-refractivity contribution in [2.75, 3.05) is 33.4 Å². The average Bonchev–Trinajstić information content (AvgIpc) is 3.49. The molecule has 3 heterocycles. The molecule has 1 fully saturated rings. The van der Waals surface area contributed by atoms with Gasteiger partial charge in [0.15, 0.2) is 5.82 Å². The number of aromatic amines is 2. The van der Waals surface area contributed by atoms with Crippen LogP contribution in [0.1, 0.15) is 19.3 Å². The average molecular weight is 391 g/mol. The summed E-state index contributed by atoms with van der Waals surface area (Å²) in [4.78, 5) is 10.6. The maximum absolute atomic E-state index is 5.96. The standard InChI is InChI=1S/C22H25N5O2/c1-28-15-5-7-18-17(13-15)21(26-25-18)22-23-19-8-6-16(14-20(19)24-22)29-12-4-11-27-9-2-3-10-27/h5-8,13-14H,2-4,9-12H2,1H3,(H,23,24)(H,25,26). The number of aromatic nitrogens is 4.